The summed E-state index contributed by atoms with van der Waals surface area (Å²) in [5.41, 5.74) is 3.01. The van der Waals surface area contributed by atoms with E-state index in [-0.39, 0.29) is 5.56 Å². The van der Waals surface area contributed by atoms with Gasteiger partial charge in [-0.05, 0) is 30.3 Å². The summed E-state index contributed by atoms with van der Waals surface area (Å²) >= 11 is 6.25. The van der Waals surface area contributed by atoms with Gasteiger partial charge in [0, 0.05) is 12.4 Å². The highest BCUT2D eigenvalue weighted by atomic mass is 35.5. The Balaban J connectivity index is 1.91. The number of hydrogen-bond donors (Lipinski definition) is 0. The number of pyridine rings is 1. The van der Waals surface area contributed by atoms with Crippen molar-refractivity contribution in [3.8, 4) is 5.69 Å². The van der Waals surface area contributed by atoms with Crippen LogP contribution in [-0.2, 0) is 0 Å². The largest absolute Gasteiger partial charge is 0.282 e. The zero-order chi connectivity index (χ0) is 17.0. The molecule has 0 aliphatic heterocycles. The van der Waals surface area contributed by atoms with Crippen molar-refractivity contribution in [1.29, 1.82) is 0 Å². The van der Waals surface area contributed by atoms with Gasteiger partial charge >= 0.3 is 0 Å². The topological polar surface area (TPSA) is 52.2 Å². The van der Waals surface area contributed by atoms with Crippen molar-refractivity contribution in [3.05, 3.63) is 82.4 Å². The molecule has 0 bridgehead atoms. The highest BCUT2D eigenvalue weighted by Crippen LogP contribution is 2.22. The fourth-order valence-corrected chi connectivity index (χ4v) is 3.38. The maximum atomic E-state index is 13.0. The molecule has 3 heterocycles. The zero-order valence-corrected chi connectivity index (χ0v) is 13.7. The summed E-state index contributed by atoms with van der Waals surface area (Å²) in [5, 5.41) is 1.03. The van der Waals surface area contributed by atoms with E-state index in [4.69, 9.17) is 11.6 Å². The van der Waals surface area contributed by atoms with Crippen LogP contribution >= 0.6 is 11.6 Å². The Bertz CT molecular complexity index is 1340. The first-order valence-electron chi connectivity index (χ1n) is 7.76. The lowest BCUT2D eigenvalue weighted by Gasteiger charge is -2.09. The molecule has 0 saturated heterocycles. The predicted molar refractivity (Wildman–Crippen MR) is 98.6 cm³/mol. The van der Waals surface area contributed by atoms with Crippen LogP contribution in [0.3, 0.4) is 0 Å². The van der Waals surface area contributed by atoms with E-state index >= 15 is 0 Å². The number of aromatic nitrogens is 4. The van der Waals surface area contributed by atoms with Gasteiger partial charge in [-0.3, -0.25) is 13.8 Å². The summed E-state index contributed by atoms with van der Waals surface area (Å²) in [5.74, 6) is 0.573. The van der Waals surface area contributed by atoms with E-state index < -0.39 is 0 Å². The molecule has 5 rings (SSSR count). The van der Waals surface area contributed by atoms with Crippen LogP contribution in [0.25, 0.3) is 33.4 Å². The van der Waals surface area contributed by atoms with Gasteiger partial charge < -0.3 is 0 Å². The lowest BCUT2D eigenvalue weighted by molar-refractivity contribution is 1.00. The van der Waals surface area contributed by atoms with Crippen LogP contribution in [0.5, 0.6) is 0 Å². The fourth-order valence-electron chi connectivity index (χ4n) is 3.15. The van der Waals surface area contributed by atoms with Crippen LogP contribution in [0.2, 0.25) is 5.02 Å². The van der Waals surface area contributed by atoms with Crippen molar-refractivity contribution in [2.24, 2.45) is 0 Å². The molecule has 0 amide bonds. The maximum Gasteiger partial charge on any atom is 0.266 e. The van der Waals surface area contributed by atoms with Crippen LogP contribution < -0.4 is 5.56 Å². The molecule has 0 aliphatic rings. The Morgan fingerprint density at radius 2 is 1.72 bits per heavy atom. The molecular weight excluding hydrogens is 336 g/mol. The average Bonchev–Trinajstić information content (AvgIpc) is 3.02. The van der Waals surface area contributed by atoms with E-state index in [2.05, 4.69) is 9.97 Å². The van der Waals surface area contributed by atoms with Gasteiger partial charge in [-0.15, -0.1) is 0 Å². The van der Waals surface area contributed by atoms with E-state index in [1.54, 1.807) is 18.5 Å². The van der Waals surface area contributed by atoms with Gasteiger partial charge in [0.2, 0.25) is 5.78 Å². The number of benzene rings is 2. The second-order valence-corrected chi connectivity index (χ2v) is 6.14. The molecule has 0 fully saturated rings. The molecule has 25 heavy (non-hydrogen) atoms. The van der Waals surface area contributed by atoms with E-state index in [0.717, 1.165) is 16.6 Å². The first-order valence-corrected chi connectivity index (χ1v) is 8.14. The Morgan fingerprint density at radius 1 is 0.920 bits per heavy atom. The third kappa shape index (κ3) is 1.99. The SMILES string of the molecule is O=c1c2cnc3nc4ccccc4n3c2ccn1-c1ccccc1Cl. The Kier molecular flexibility index (Phi) is 2.93. The Labute approximate surface area is 146 Å². The lowest BCUT2D eigenvalue weighted by atomic mass is 10.2. The van der Waals surface area contributed by atoms with Gasteiger partial charge in [-0.2, -0.15) is 0 Å². The van der Waals surface area contributed by atoms with Gasteiger partial charge in [0.25, 0.3) is 5.56 Å². The molecule has 2 aromatic carbocycles. The van der Waals surface area contributed by atoms with Crippen molar-refractivity contribution < 1.29 is 0 Å². The van der Waals surface area contributed by atoms with Gasteiger partial charge in [0.15, 0.2) is 0 Å². The summed E-state index contributed by atoms with van der Waals surface area (Å²) in [6, 6.07) is 16.9. The van der Waals surface area contributed by atoms with E-state index in [0.29, 0.717) is 21.9 Å². The molecule has 3 aromatic heterocycles. The van der Waals surface area contributed by atoms with E-state index in [9.17, 15) is 4.79 Å². The number of imidazole rings is 1. The molecule has 0 unspecified atom stereocenters. The van der Waals surface area contributed by atoms with Gasteiger partial charge in [0.05, 0.1) is 32.6 Å². The van der Waals surface area contributed by atoms with Crippen LogP contribution in [-0.4, -0.2) is 18.9 Å². The number of halogens is 1. The number of hydrogen-bond acceptors (Lipinski definition) is 3. The van der Waals surface area contributed by atoms with Crippen LogP contribution in [0.4, 0.5) is 0 Å². The summed E-state index contributed by atoms with van der Waals surface area (Å²) in [4.78, 5) is 21.9. The molecule has 5 aromatic rings. The molecule has 0 saturated carbocycles. The van der Waals surface area contributed by atoms with E-state index in [1.165, 1.54) is 4.57 Å². The quantitative estimate of drug-likeness (QED) is 0.463. The highest BCUT2D eigenvalue weighted by Gasteiger charge is 2.13. The Morgan fingerprint density at radius 3 is 2.60 bits per heavy atom. The highest BCUT2D eigenvalue weighted by molar-refractivity contribution is 6.32. The van der Waals surface area contributed by atoms with Crippen molar-refractivity contribution in [3.63, 3.8) is 0 Å². The molecular formula is C19H11ClN4O. The van der Waals surface area contributed by atoms with Gasteiger partial charge in [-0.1, -0.05) is 35.9 Å². The van der Waals surface area contributed by atoms with Crippen molar-refractivity contribution in [2.45, 2.75) is 0 Å². The van der Waals surface area contributed by atoms with Crippen LogP contribution in [0.15, 0.2) is 71.8 Å². The first kappa shape index (κ1) is 14.2. The second kappa shape index (κ2) is 5.16. The summed E-state index contributed by atoms with van der Waals surface area (Å²) in [7, 11) is 0. The molecule has 5 nitrogen and oxygen atoms in total. The Hall–Kier alpha value is -3.18. The minimum absolute atomic E-state index is 0.169. The van der Waals surface area contributed by atoms with Crippen molar-refractivity contribution >= 4 is 39.3 Å². The van der Waals surface area contributed by atoms with Crippen LogP contribution in [0.1, 0.15) is 0 Å². The minimum atomic E-state index is -0.169. The second-order valence-electron chi connectivity index (χ2n) is 5.74. The third-order valence-electron chi connectivity index (χ3n) is 4.31. The predicted octanol–water partition coefficient (Wildman–Crippen LogP) is 3.84. The lowest BCUT2D eigenvalue weighted by Crippen LogP contribution is -2.19. The zero-order valence-electron chi connectivity index (χ0n) is 12.9. The van der Waals surface area contributed by atoms with Gasteiger partial charge in [0.1, 0.15) is 0 Å². The number of nitrogens with zero attached hydrogens (tertiary/aromatic N) is 4. The van der Waals surface area contributed by atoms with Gasteiger partial charge in [-0.25, -0.2) is 9.97 Å². The van der Waals surface area contributed by atoms with Crippen molar-refractivity contribution in [1.82, 2.24) is 18.9 Å². The van der Waals surface area contributed by atoms with Crippen LogP contribution in [0, 0.1) is 0 Å². The standard InChI is InChI=1S/C19H11ClN4O/c20-13-5-1-3-7-16(13)23-10-9-15-12(18(23)25)11-21-19-22-14-6-2-4-8-17(14)24(15)19/h1-11H. The summed E-state index contributed by atoms with van der Waals surface area (Å²) < 4.78 is 3.44. The molecule has 6 heteroatoms. The number of para-hydroxylation sites is 3. The molecule has 0 radical (unpaired) electrons. The monoisotopic (exact) mass is 346 g/mol. The maximum absolute atomic E-state index is 13.0. The smallest absolute Gasteiger partial charge is 0.266 e. The molecule has 0 atom stereocenters. The molecule has 0 aliphatic carbocycles. The number of fused-ring (bicyclic) bond motifs is 5. The minimum Gasteiger partial charge on any atom is -0.282 e. The molecule has 0 N–H and O–H groups in total. The summed E-state index contributed by atoms with van der Waals surface area (Å²) in [6.45, 7) is 0. The molecule has 0 spiro atoms. The first-order chi connectivity index (χ1) is 12.2. The third-order valence-corrected chi connectivity index (χ3v) is 4.63. The number of rotatable bonds is 1. The van der Waals surface area contributed by atoms with Crippen molar-refractivity contribution in [2.75, 3.05) is 0 Å². The fraction of sp³-hybridized carbons (Fsp3) is 0. The average molecular weight is 347 g/mol. The summed E-state index contributed by atoms with van der Waals surface area (Å²) in [6.07, 6.45) is 3.31. The normalized spacial score (nSPS) is 11.6. The van der Waals surface area contributed by atoms with E-state index in [1.807, 2.05) is 52.9 Å². The molecule has 120 valence electrons.